The molecule has 204 valence electrons. The number of anilines is 2. The SMILES string of the molecule is C=CC(=O)OCCCCOC(=O)/C=C/c1ccc(OCCCCCCOC(=O)c2cc(N)cc(N)c2)cc1. The summed E-state index contributed by atoms with van der Waals surface area (Å²) >= 11 is 0. The molecule has 0 unspecified atom stereocenters. The van der Waals surface area contributed by atoms with Crippen LogP contribution in [0.4, 0.5) is 11.4 Å². The van der Waals surface area contributed by atoms with Crippen molar-refractivity contribution in [2.45, 2.75) is 38.5 Å². The van der Waals surface area contributed by atoms with E-state index in [1.807, 2.05) is 24.3 Å². The number of esters is 3. The van der Waals surface area contributed by atoms with Crippen molar-refractivity contribution >= 4 is 35.4 Å². The summed E-state index contributed by atoms with van der Waals surface area (Å²) in [6, 6.07) is 12.1. The summed E-state index contributed by atoms with van der Waals surface area (Å²) < 4.78 is 21.0. The van der Waals surface area contributed by atoms with E-state index in [-0.39, 0.29) is 13.2 Å². The fourth-order valence-corrected chi connectivity index (χ4v) is 3.29. The Morgan fingerprint density at radius 2 is 1.26 bits per heavy atom. The van der Waals surface area contributed by atoms with Crippen LogP contribution in [0.3, 0.4) is 0 Å². The van der Waals surface area contributed by atoms with Crippen LogP contribution in [0.1, 0.15) is 54.4 Å². The second kappa shape index (κ2) is 17.2. The zero-order valence-electron chi connectivity index (χ0n) is 21.6. The van der Waals surface area contributed by atoms with E-state index in [1.54, 1.807) is 24.3 Å². The van der Waals surface area contributed by atoms with E-state index in [4.69, 9.17) is 30.4 Å². The summed E-state index contributed by atoms with van der Waals surface area (Å²) in [7, 11) is 0. The van der Waals surface area contributed by atoms with Gasteiger partial charge in [-0.05, 0) is 80.5 Å². The number of unbranched alkanes of at least 4 members (excludes halogenated alkanes) is 4. The highest BCUT2D eigenvalue weighted by atomic mass is 16.5. The third-order valence-corrected chi connectivity index (χ3v) is 5.24. The van der Waals surface area contributed by atoms with Crippen molar-refractivity contribution in [1.29, 1.82) is 0 Å². The molecule has 0 saturated heterocycles. The molecule has 2 aromatic rings. The molecule has 0 radical (unpaired) electrons. The Balaban J connectivity index is 1.52. The van der Waals surface area contributed by atoms with Crippen LogP contribution < -0.4 is 16.2 Å². The van der Waals surface area contributed by atoms with E-state index in [9.17, 15) is 14.4 Å². The highest BCUT2D eigenvalue weighted by molar-refractivity contribution is 5.91. The van der Waals surface area contributed by atoms with Crippen molar-refractivity contribution in [3.8, 4) is 5.75 Å². The van der Waals surface area contributed by atoms with Gasteiger partial charge in [0.1, 0.15) is 5.75 Å². The van der Waals surface area contributed by atoms with Gasteiger partial charge in [-0.2, -0.15) is 0 Å². The second-order valence-corrected chi connectivity index (χ2v) is 8.44. The Labute approximate surface area is 223 Å². The van der Waals surface area contributed by atoms with Crippen molar-refractivity contribution in [3.63, 3.8) is 0 Å². The number of hydrogen-bond donors (Lipinski definition) is 2. The Hall–Kier alpha value is -4.27. The van der Waals surface area contributed by atoms with Crippen LogP contribution in [0.25, 0.3) is 6.08 Å². The van der Waals surface area contributed by atoms with Gasteiger partial charge in [-0.25, -0.2) is 14.4 Å². The molecule has 0 atom stereocenters. The summed E-state index contributed by atoms with van der Waals surface area (Å²) in [4.78, 5) is 34.7. The first kappa shape index (κ1) is 30.0. The van der Waals surface area contributed by atoms with Gasteiger partial charge in [0.15, 0.2) is 0 Å². The molecule has 2 rings (SSSR count). The molecular weight excluding hydrogens is 488 g/mol. The van der Waals surface area contributed by atoms with Crippen LogP contribution in [0.15, 0.2) is 61.2 Å². The summed E-state index contributed by atoms with van der Waals surface area (Å²) in [5.74, 6) is -0.575. The predicted octanol–water partition coefficient (Wildman–Crippen LogP) is 4.71. The lowest BCUT2D eigenvalue weighted by Crippen LogP contribution is -2.08. The average Bonchev–Trinajstić information content (AvgIpc) is 2.90. The largest absolute Gasteiger partial charge is 0.494 e. The van der Waals surface area contributed by atoms with Crippen molar-refractivity contribution in [1.82, 2.24) is 0 Å². The van der Waals surface area contributed by atoms with Crippen LogP contribution in [0.2, 0.25) is 0 Å². The van der Waals surface area contributed by atoms with Gasteiger partial charge in [0, 0.05) is 23.5 Å². The maximum Gasteiger partial charge on any atom is 0.338 e. The van der Waals surface area contributed by atoms with Crippen LogP contribution in [0.5, 0.6) is 5.75 Å². The number of benzene rings is 2. The van der Waals surface area contributed by atoms with E-state index in [1.165, 1.54) is 6.08 Å². The Morgan fingerprint density at radius 1 is 0.711 bits per heavy atom. The first-order valence-electron chi connectivity index (χ1n) is 12.6. The van der Waals surface area contributed by atoms with Crippen molar-refractivity contribution in [3.05, 3.63) is 72.3 Å². The molecular formula is C29H36N2O7. The molecule has 0 heterocycles. The maximum atomic E-state index is 12.0. The first-order chi connectivity index (χ1) is 18.4. The van der Waals surface area contributed by atoms with E-state index in [0.29, 0.717) is 43.0 Å². The Kier molecular flexibility index (Phi) is 13.6. The van der Waals surface area contributed by atoms with Gasteiger partial charge >= 0.3 is 17.9 Å². The summed E-state index contributed by atoms with van der Waals surface area (Å²) in [5.41, 5.74) is 13.5. The van der Waals surface area contributed by atoms with Crippen molar-refractivity contribution in [2.24, 2.45) is 0 Å². The van der Waals surface area contributed by atoms with Gasteiger partial charge in [0.05, 0.1) is 32.0 Å². The number of carbonyl (C=O) groups is 3. The first-order valence-corrected chi connectivity index (χ1v) is 12.6. The monoisotopic (exact) mass is 524 g/mol. The van der Waals surface area contributed by atoms with Gasteiger partial charge in [-0.15, -0.1) is 0 Å². The summed E-state index contributed by atoms with van der Waals surface area (Å²) in [5, 5.41) is 0. The fourth-order valence-electron chi connectivity index (χ4n) is 3.29. The normalized spacial score (nSPS) is 10.6. The third kappa shape index (κ3) is 12.6. The Bertz CT molecular complexity index is 1060. The molecule has 0 amide bonds. The molecule has 4 N–H and O–H groups in total. The quantitative estimate of drug-likeness (QED) is 0.0989. The van der Waals surface area contributed by atoms with Gasteiger partial charge in [-0.3, -0.25) is 0 Å². The second-order valence-electron chi connectivity index (χ2n) is 8.44. The Morgan fingerprint density at radius 3 is 1.89 bits per heavy atom. The molecule has 0 aliphatic rings. The van der Waals surface area contributed by atoms with Gasteiger partial charge in [-0.1, -0.05) is 18.7 Å². The minimum atomic E-state index is -0.462. The fraction of sp³-hybridized carbons (Fsp3) is 0.345. The molecule has 0 fully saturated rings. The van der Waals surface area contributed by atoms with Crippen LogP contribution >= 0.6 is 0 Å². The molecule has 9 nitrogen and oxygen atoms in total. The highest BCUT2D eigenvalue weighted by Crippen LogP contribution is 2.16. The van der Waals surface area contributed by atoms with Crippen LogP contribution in [0, 0.1) is 0 Å². The molecule has 0 aliphatic heterocycles. The lowest BCUT2D eigenvalue weighted by Gasteiger charge is -2.08. The lowest BCUT2D eigenvalue weighted by molar-refractivity contribution is -0.140. The smallest absolute Gasteiger partial charge is 0.338 e. The topological polar surface area (TPSA) is 140 Å². The summed E-state index contributed by atoms with van der Waals surface area (Å²) in [6.07, 6.45) is 8.87. The van der Waals surface area contributed by atoms with E-state index in [0.717, 1.165) is 43.1 Å². The predicted molar refractivity (Wildman–Crippen MR) is 146 cm³/mol. The summed E-state index contributed by atoms with van der Waals surface area (Å²) in [6.45, 7) is 4.76. The minimum Gasteiger partial charge on any atom is -0.494 e. The molecule has 0 bridgehead atoms. The van der Waals surface area contributed by atoms with Gasteiger partial charge in [0.2, 0.25) is 0 Å². The number of rotatable bonds is 17. The van der Waals surface area contributed by atoms with E-state index in [2.05, 4.69) is 6.58 Å². The zero-order valence-corrected chi connectivity index (χ0v) is 21.6. The number of carbonyl (C=O) groups excluding carboxylic acids is 3. The minimum absolute atomic E-state index is 0.255. The molecule has 0 aromatic heterocycles. The van der Waals surface area contributed by atoms with Crippen LogP contribution in [-0.2, 0) is 23.8 Å². The number of nitrogen functional groups attached to an aromatic ring is 2. The lowest BCUT2D eigenvalue weighted by atomic mass is 10.2. The number of nitrogens with two attached hydrogens (primary N) is 2. The molecule has 0 saturated carbocycles. The van der Waals surface area contributed by atoms with E-state index < -0.39 is 17.9 Å². The van der Waals surface area contributed by atoms with Gasteiger partial charge in [0.25, 0.3) is 0 Å². The van der Waals surface area contributed by atoms with Gasteiger partial charge < -0.3 is 30.4 Å². The van der Waals surface area contributed by atoms with Crippen LogP contribution in [-0.4, -0.2) is 44.3 Å². The standard InChI is InChI=1S/C29H36N2O7/c1-2-27(32)36-16-7-8-17-37-28(33)14-11-22-9-12-26(13-10-22)35-15-5-3-4-6-18-38-29(34)23-19-24(30)21-25(31)20-23/h2,9-14,19-21H,1,3-8,15-18,30-31H2/b14-11+. The van der Waals surface area contributed by atoms with Crippen molar-refractivity contribution < 1.29 is 33.3 Å². The zero-order chi connectivity index (χ0) is 27.6. The number of hydrogen-bond acceptors (Lipinski definition) is 9. The molecule has 0 aliphatic carbocycles. The van der Waals surface area contributed by atoms with Crippen molar-refractivity contribution in [2.75, 3.05) is 37.9 Å². The average molecular weight is 525 g/mol. The maximum absolute atomic E-state index is 12.0. The van der Waals surface area contributed by atoms with E-state index >= 15 is 0 Å². The molecule has 0 spiro atoms. The molecule has 38 heavy (non-hydrogen) atoms. The molecule has 9 heteroatoms. The molecule has 2 aromatic carbocycles. The number of ether oxygens (including phenoxy) is 4. The highest BCUT2D eigenvalue weighted by Gasteiger charge is 2.08. The third-order valence-electron chi connectivity index (χ3n) is 5.24.